The van der Waals surface area contributed by atoms with E-state index in [1.54, 1.807) is 23.9 Å². The van der Waals surface area contributed by atoms with Gasteiger partial charge in [-0.25, -0.2) is 0 Å². The molecule has 0 radical (unpaired) electrons. The van der Waals surface area contributed by atoms with E-state index in [2.05, 4.69) is 15.9 Å². The van der Waals surface area contributed by atoms with Crippen LogP contribution >= 0.6 is 27.7 Å². The number of methoxy groups -OCH3 is 1. The number of ketones is 1. The smallest absolute Gasteiger partial charge is 0.324 e. The lowest BCUT2D eigenvalue weighted by molar-refractivity contribution is -0.896. The van der Waals surface area contributed by atoms with Gasteiger partial charge in [-0.3, -0.25) is 19.3 Å². The van der Waals surface area contributed by atoms with E-state index in [0.717, 1.165) is 21.7 Å². The quantitative estimate of drug-likeness (QED) is 0.577. The summed E-state index contributed by atoms with van der Waals surface area (Å²) < 4.78 is 5.53. The van der Waals surface area contributed by atoms with E-state index >= 15 is 0 Å². The number of anilines is 1. The lowest BCUT2D eigenvalue weighted by Gasteiger charge is -2.31. The number of ether oxygens (including phenoxy) is 1. The van der Waals surface area contributed by atoms with E-state index in [9.17, 15) is 14.4 Å². The zero-order chi connectivity index (χ0) is 16.6. The van der Waals surface area contributed by atoms with Gasteiger partial charge in [0.15, 0.2) is 11.9 Å². The lowest BCUT2D eigenvalue weighted by Crippen LogP contribution is -3.16. The Morgan fingerprint density at radius 1 is 1.48 bits per heavy atom. The third kappa shape index (κ3) is 3.02. The molecule has 2 atom stereocenters. The summed E-state index contributed by atoms with van der Waals surface area (Å²) in [6.07, 6.45) is 0. The average molecular weight is 400 g/mol. The average Bonchev–Trinajstić information content (AvgIpc) is 2.81. The number of nitrogens with one attached hydrogen (secondary N) is 1. The molecular formula is C15H16BrN2O4S+. The van der Waals surface area contributed by atoms with E-state index < -0.39 is 11.7 Å². The second-order valence-corrected chi connectivity index (χ2v) is 7.61. The molecule has 8 heteroatoms. The molecule has 1 aromatic rings. The Morgan fingerprint density at radius 3 is 3.00 bits per heavy atom. The zero-order valence-electron chi connectivity index (χ0n) is 12.5. The molecule has 0 aliphatic carbocycles. The van der Waals surface area contributed by atoms with Crippen LogP contribution in [0, 0.1) is 0 Å². The number of carbonyl (C=O) groups is 3. The minimum atomic E-state index is -0.507. The largest absolute Gasteiger partial charge is 0.468 e. The highest BCUT2D eigenvalue weighted by Crippen LogP contribution is 2.35. The number of para-hydroxylation sites is 1. The molecule has 0 spiro atoms. The number of thioether (sulfide) groups is 1. The van der Waals surface area contributed by atoms with Crippen LogP contribution in [0.25, 0.3) is 0 Å². The molecule has 1 fully saturated rings. The molecular weight excluding hydrogens is 384 g/mol. The van der Waals surface area contributed by atoms with Gasteiger partial charge in [-0.2, -0.15) is 0 Å². The second kappa shape index (κ2) is 6.62. The number of amides is 1. The van der Waals surface area contributed by atoms with Crippen molar-refractivity contribution in [2.24, 2.45) is 0 Å². The van der Waals surface area contributed by atoms with Crippen LogP contribution in [0.5, 0.6) is 0 Å². The summed E-state index contributed by atoms with van der Waals surface area (Å²) in [4.78, 5) is 38.7. The minimum Gasteiger partial charge on any atom is -0.468 e. The molecule has 2 heterocycles. The number of Topliss-reactive ketones (excluding diaryl/α,β-unsaturated/α-hetero) is 1. The van der Waals surface area contributed by atoms with Crippen LogP contribution in [0.15, 0.2) is 22.7 Å². The van der Waals surface area contributed by atoms with Crippen LogP contribution in [0.1, 0.15) is 10.4 Å². The van der Waals surface area contributed by atoms with Crippen LogP contribution in [-0.4, -0.2) is 55.5 Å². The molecule has 1 N–H and O–H groups in total. The Morgan fingerprint density at radius 2 is 2.26 bits per heavy atom. The van der Waals surface area contributed by atoms with Crippen molar-refractivity contribution in [1.82, 2.24) is 0 Å². The maximum atomic E-state index is 12.3. The molecule has 0 aromatic heterocycles. The second-order valence-electron chi connectivity index (χ2n) is 5.44. The summed E-state index contributed by atoms with van der Waals surface area (Å²) in [5, 5.41) is -0.226. The number of halogens is 1. The van der Waals surface area contributed by atoms with Gasteiger partial charge in [-0.1, -0.05) is 6.07 Å². The number of carbonyl (C=O) groups excluding carboxylic acids is 3. The van der Waals surface area contributed by atoms with Crippen LogP contribution in [0.3, 0.4) is 0 Å². The number of quaternary nitrogens is 1. The van der Waals surface area contributed by atoms with Crippen molar-refractivity contribution in [1.29, 1.82) is 0 Å². The van der Waals surface area contributed by atoms with E-state index in [0.29, 0.717) is 24.5 Å². The summed E-state index contributed by atoms with van der Waals surface area (Å²) >= 11 is 4.99. The molecule has 1 aromatic carbocycles. The number of rotatable bonds is 3. The molecule has 1 amide bonds. The monoisotopic (exact) mass is 399 g/mol. The Balaban J connectivity index is 1.80. The predicted molar refractivity (Wildman–Crippen MR) is 89.8 cm³/mol. The predicted octanol–water partition coefficient (Wildman–Crippen LogP) is 0.109. The summed E-state index contributed by atoms with van der Waals surface area (Å²) in [5.74, 6) is -0.407. The van der Waals surface area contributed by atoms with Crippen molar-refractivity contribution in [2.45, 2.75) is 5.25 Å². The topological polar surface area (TPSA) is 68.1 Å². The van der Waals surface area contributed by atoms with Gasteiger partial charge in [0.05, 0.1) is 24.9 Å². The highest BCUT2D eigenvalue weighted by molar-refractivity contribution is 9.10. The molecule has 3 rings (SSSR count). The Kier molecular flexibility index (Phi) is 4.74. The standard InChI is InChI=1S/C15H15BrN2O4S/c1-22-15(21)11-7-17(5-6-23-11)8-18-12-9(13(19)14(18)20)3-2-4-10(12)16/h2-4,11H,5-8H2,1H3/p+1/t11-/m0/s1. The van der Waals surface area contributed by atoms with Crippen molar-refractivity contribution >= 4 is 51.0 Å². The third-order valence-corrected chi connectivity index (χ3v) is 5.88. The molecule has 0 bridgehead atoms. The number of benzene rings is 1. The van der Waals surface area contributed by atoms with Crippen molar-refractivity contribution < 1.29 is 24.0 Å². The van der Waals surface area contributed by atoms with Crippen LogP contribution < -0.4 is 9.80 Å². The van der Waals surface area contributed by atoms with Gasteiger partial charge in [0.2, 0.25) is 0 Å². The molecule has 0 saturated carbocycles. The van der Waals surface area contributed by atoms with Gasteiger partial charge in [-0.05, 0) is 28.1 Å². The minimum absolute atomic E-state index is 0.226. The maximum absolute atomic E-state index is 12.3. The molecule has 1 unspecified atom stereocenters. The number of hydrogen-bond acceptors (Lipinski definition) is 5. The summed E-state index contributed by atoms with van der Waals surface area (Å²) in [6, 6.07) is 5.23. The highest BCUT2D eigenvalue weighted by atomic mass is 79.9. The normalized spacial score (nSPS) is 23.8. The van der Waals surface area contributed by atoms with E-state index in [1.807, 2.05) is 6.07 Å². The third-order valence-electron chi connectivity index (χ3n) is 4.04. The van der Waals surface area contributed by atoms with Crippen molar-refractivity contribution in [3.05, 3.63) is 28.2 Å². The number of esters is 1. The van der Waals surface area contributed by atoms with Crippen LogP contribution in [0.4, 0.5) is 5.69 Å². The molecule has 2 aliphatic heterocycles. The van der Waals surface area contributed by atoms with Gasteiger partial charge in [0, 0.05) is 10.2 Å². The van der Waals surface area contributed by atoms with Gasteiger partial charge in [0.1, 0.15) is 6.54 Å². The Labute approximate surface area is 146 Å². The van der Waals surface area contributed by atoms with Gasteiger partial charge < -0.3 is 9.64 Å². The lowest BCUT2D eigenvalue weighted by atomic mass is 10.1. The Bertz CT molecular complexity index is 681. The summed E-state index contributed by atoms with van der Waals surface area (Å²) in [7, 11) is 1.38. The van der Waals surface area contributed by atoms with E-state index in [4.69, 9.17) is 4.74 Å². The first kappa shape index (κ1) is 16.5. The summed E-state index contributed by atoms with van der Waals surface area (Å²) in [6.45, 7) is 1.78. The van der Waals surface area contributed by atoms with Gasteiger partial charge in [0.25, 0.3) is 5.78 Å². The van der Waals surface area contributed by atoms with Gasteiger partial charge >= 0.3 is 11.9 Å². The van der Waals surface area contributed by atoms with E-state index in [-0.39, 0.29) is 11.2 Å². The first-order valence-corrected chi connectivity index (χ1v) is 9.04. The maximum Gasteiger partial charge on any atom is 0.324 e. The first-order valence-electron chi connectivity index (χ1n) is 7.20. The SMILES string of the molecule is COC(=O)[C@@H]1C[NH+](CN2C(=O)C(=O)c3cccc(Br)c32)CCS1. The van der Waals surface area contributed by atoms with Crippen molar-refractivity contribution in [3.8, 4) is 0 Å². The number of nitrogens with zero attached hydrogens (tertiary/aromatic N) is 1. The molecule has 1 saturated heterocycles. The molecule has 122 valence electrons. The summed E-state index contributed by atoms with van der Waals surface area (Å²) in [5.41, 5.74) is 1.06. The van der Waals surface area contributed by atoms with Crippen molar-refractivity contribution in [2.75, 3.05) is 37.5 Å². The molecule has 2 aliphatic rings. The fourth-order valence-electron chi connectivity index (χ4n) is 2.88. The van der Waals surface area contributed by atoms with Crippen molar-refractivity contribution in [3.63, 3.8) is 0 Å². The Hall–Kier alpha value is -1.38. The number of fused-ring (bicyclic) bond motifs is 1. The van der Waals surface area contributed by atoms with E-state index in [1.165, 1.54) is 12.0 Å². The molecule has 23 heavy (non-hydrogen) atoms. The molecule has 6 nitrogen and oxygen atoms in total. The van der Waals surface area contributed by atoms with Gasteiger partial charge in [-0.15, -0.1) is 11.8 Å². The fraction of sp³-hybridized carbons (Fsp3) is 0.400. The van der Waals surface area contributed by atoms with Crippen LogP contribution in [0.2, 0.25) is 0 Å². The fourth-order valence-corrected chi connectivity index (χ4v) is 4.74. The highest BCUT2D eigenvalue weighted by Gasteiger charge is 2.40. The first-order chi connectivity index (χ1) is 11.0. The van der Waals surface area contributed by atoms with Crippen LogP contribution in [-0.2, 0) is 14.3 Å². The zero-order valence-corrected chi connectivity index (χ0v) is 14.9. The number of hydrogen-bond donors (Lipinski definition) is 1.